The number of aryl methyl sites for hydroxylation is 1. The standard InChI is InChI=1S/C26H23N3P.ClH/c1-21-12-11-19-29-26(21)27-25(28-29)20-30(22-13-5-2-6-14-22,23-15-7-3-8-16-23)24-17-9-4-10-18-24;/h2-19H,20H2,1H3;1H/q+1;/p-1. The predicted molar refractivity (Wildman–Crippen MR) is 127 cm³/mol. The van der Waals surface area contributed by atoms with Crippen LogP contribution in [0.15, 0.2) is 109 Å². The van der Waals surface area contributed by atoms with Crippen molar-refractivity contribution in [3.05, 3.63) is 121 Å². The van der Waals surface area contributed by atoms with E-state index in [0.29, 0.717) is 0 Å². The van der Waals surface area contributed by atoms with E-state index in [1.54, 1.807) is 0 Å². The summed E-state index contributed by atoms with van der Waals surface area (Å²) in [5.41, 5.74) is 2.07. The minimum atomic E-state index is -1.98. The summed E-state index contributed by atoms with van der Waals surface area (Å²) in [5.74, 6) is 0.884. The van der Waals surface area contributed by atoms with Gasteiger partial charge in [-0.25, -0.2) is 9.50 Å². The number of pyridine rings is 1. The highest BCUT2D eigenvalue weighted by Gasteiger charge is 2.46. The van der Waals surface area contributed by atoms with Crippen molar-refractivity contribution in [2.45, 2.75) is 13.1 Å². The molecule has 3 nitrogen and oxygen atoms in total. The van der Waals surface area contributed by atoms with Gasteiger partial charge in [0.25, 0.3) is 0 Å². The van der Waals surface area contributed by atoms with E-state index in [4.69, 9.17) is 10.1 Å². The molecule has 0 aliphatic rings. The smallest absolute Gasteiger partial charge is 0.190 e. The number of hydrogen-bond donors (Lipinski definition) is 0. The van der Waals surface area contributed by atoms with Crippen molar-refractivity contribution in [1.82, 2.24) is 14.6 Å². The van der Waals surface area contributed by atoms with E-state index in [0.717, 1.165) is 23.2 Å². The molecule has 2 heterocycles. The number of rotatable bonds is 5. The largest absolute Gasteiger partial charge is 1.00 e. The number of benzene rings is 3. The van der Waals surface area contributed by atoms with Crippen LogP contribution in [0.5, 0.6) is 0 Å². The van der Waals surface area contributed by atoms with Crippen LogP contribution in [0.2, 0.25) is 0 Å². The third-order valence-corrected chi connectivity index (χ3v) is 9.87. The number of nitrogens with zero attached hydrogens (tertiary/aromatic N) is 3. The lowest BCUT2D eigenvalue weighted by Crippen LogP contribution is -3.00. The Kier molecular flexibility index (Phi) is 6.18. The minimum Gasteiger partial charge on any atom is -1.00 e. The first kappa shape index (κ1) is 21.2. The van der Waals surface area contributed by atoms with Crippen molar-refractivity contribution >= 4 is 28.8 Å². The Morgan fingerprint density at radius 1 is 0.677 bits per heavy atom. The van der Waals surface area contributed by atoms with E-state index in [1.807, 2.05) is 16.8 Å². The second kappa shape index (κ2) is 9.01. The zero-order chi connectivity index (χ0) is 20.4. The summed E-state index contributed by atoms with van der Waals surface area (Å²) >= 11 is 0. The number of halogens is 1. The van der Waals surface area contributed by atoms with E-state index in [9.17, 15) is 0 Å². The SMILES string of the molecule is Cc1cccn2nc(C[P+](c3ccccc3)(c3ccccc3)c3ccccc3)nc12.[Cl-]. The summed E-state index contributed by atoms with van der Waals surface area (Å²) in [5, 5.41) is 8.90. The lowest BCUT2D eigenvalue weighted by atomic mass is 10.3. The molecule has 0 aliphatic carbocycles. The average Bonchev–Trinajstić information content (AvgIpc) is 3.23. The van der Waals surface area contributed by atoms with E-state index >= 15 is 0 Å². The van der Waals surface area contributed by atoms with E-state index in [1.165, 1.54) is 15.9 Å². The maximum absolute atomic E-state index is 4.95. The fourth-order valence-electron chi connectivity index (χ4n) is 4.13. The van der Waals surface area contributed by atoms with Gasteiger partial charge in [-0.15, -0.1) is 5.10 Å². The molecule has 0 radical (unpaired) electrons. The van der Waals surface area contributed by atoms with Crippen molar-refractivity contribution in [3.63, 3.8) is 0 Å². The van der Waals surface area contributed by atoms with Crippen LogP contribution in [0.1, 0.15) is 11.4 Å². The van der Waals surface area contributed by atoms with Gasteiger partial charge in [-0.3, -0.25) is 0 Å². The maximum atomic E-state index is 4.95. The van der Waals surface area contributed by atoms with Gasteiger partial charge in [-0.1, -0.05) is 60.7 Å². The van der Waals surface area contributed by atoms with Gasteiger partial charge in [0.1, 0.15) is 29.3 Å². The zero-order valence-corrected chi connectivity index (χ0v) is 18.9. The lowest BCUT2D eigenvalue weighted by Gasteiger charge is -2.26. The molecule has 0 unspecified atom stereocenters. The summed E-state index contributed by atoms with van der Waals surface area (Å²) < 4.78 is 1.90. The summed E-state index contributed by atoms with van der Waals surface area (Å²) in [6.07, 6.45) is 2.76. The Morgan fingerprint density at radius 2 is 1.16 bits per heavy atom. The predicted octanol–water partition coefficient (Wildman–Crippen LogP) is 1.54. The number of fused-ring (bicyclic) bond motifs is 1. The van der Waals surface area contributed by atoms with Crippen molar-refractivity contribution in [3.8, 4) is 0 Å². The first-order valence-corrected chi connectivity index (χ1v) is 12.1. The van der Waals surface area contributed by atoms with E-state index in [-0.39, 0.29) is 12.4 Å². The monoisotopic (exact) mass is 443 g/mol. The Balaban J connectivity index is 0.00000231. The molecule has 0 amide bonds. The van der Waals surface area contributed by atoms with Gasteiger partial charge in [-0.2, -0.15) is 0 Å². The highest BCUT2D eigenvalue weighted by Crippen LogP contribution is 2.57. The molecule has 0 saturated carbocycles. The molecule has 31 heavy (non-hydrogen) atoms. The van der Waals surface area contributed by atoms with Crippen molar-refractivity contribution in [2.24, 2.45) is 0 Å². The number of aromatic nitrogens is 3. The van der Waals surface area contributed by atoms with Crippen LogP contribution < -0.4 is 28.3 Å². The third kappa shape index (κ3) is 3.87. The van der Waals surface area contributed by atoms with Crippen LogP contribution in [-0.2, 0) is 6.16 Å². The first-order valence-electron chi connectivity index (χ1n) is 10.1. The second-order valence-electron chi connectivity index (χ2n) is 7.46. The Morgan fingerprint density at radius 3 is 1.61 bits per heavy atom. The molecule has 0 spiro atoms. The maximum Gasteiger partial charge on any atom is 0.190 e. The molecule has 5 heteroatoms. The summed E-state index contributed by atoms with van der Waals surface area (Å²) in [6.45, 7) is 2.09. The first-order chi connectivity index (χ1) is 14.8. The van der Waals surface area contributed by atoms with Crippen molar-refractivity contribution in [2.75, 3.05) is 0 Å². The molecule has 3 aromatic carbocycles. The molecule has 0 fully saturated rings. The van der Waals surface area contributed by atoms with Gasteiger partial charge < -0.3 is 12.4 Å². The normalized spacial score (nSPS) is 11.3. The topological polar surface area (TPSA) is 30.2 Å². The van der Waals surface area contributed by atoms with Gasteiger partial charge in [-0.05, 0) is 55.0 Å². The fraction of sp³-hybridized carbons (Fsp3) is 0.0769. The van der Waals surface area contributed by atoms with Crippen molar-refractivity contribution in [1.29, 1.82) is 0 Å². The molecule has 0 saturated heterocycles. The molecule has 154 valence electrons. The minimum absolute atomic E-state index is 0. The van der Waals surface area contributed by atoms with Crippen LogP contribution in [0, 0.1) is 6.92 Å². The van der Waals surface area contributed by atoms with Gasteiger partial charge in [0.05, 0.1) is 0 Å². The molecule has 0 N–H and O–H groups in total. The molecule has 0 aliphatic heterocycles. The quantitative estimate of drug-likeness (QED) is 0.386. The van der Waals surface area contributed by atoms with Crippen LogP contribution in [0.4, 0.5) is 0 Å². The number of hydrogen-bond acceptors (Lipinski definition) is 2. The second-order valence-corrected chi connectivity index (χ2v) is 10.9. The summed E-state index contributed by atoms with van der Waals surface area (Å²) in [4.78, 5) is 4.95. The van der Waals surface area contributed by atoms with Gasteiger partial charge in [0, 0.05) is 6.20 Å². The summed E-state index contributed by atoms with van der Waals surface area (Å²) in [6, 6.07) is 36.7. The van der Waals surface area contributed by atoms with Crippen LogP contribution in [0.3, 0.4) is 0 Å². The van der Waals surface area contributed by atoms with Gasteiger partial charge in [0.15, 0.2) is 11.5 Å². The Labute approximate surface area is 189 Å². The highest BCUT2D eigenvalue weighted by molar-refractivity contribution is 7.95. The molecule has 2 aromatic heterocycles. The average molecular weight is 444 g/mol. The van der Waals surface area contributed by atoms with E-state index < -0.39 is 7.26 Å². The third-order valence-electron chi connectivity index (χ3n) is 5.57. The lowest BCUT2D eigenvalue weighted by molar-refractivity contribution is -0.00000610. The molecule has 5 aromatic rings. The zero-order valence-electron chi connectivity index (χ0n) is 17.3. The van der Waals surface area contributed by atoms with Crippen LogP contribution in [0.25, 0.3) is 5.65 Å². The Hall–Kier alpha value is -3.00. The van der Waals surface area contributed by atoms with E-state index in [2.05, 4.69) is 104 Å². The van der Waals surface area contributed by atoms with Crippen LogP contribution >= 0.6 is 7.26 Å². The Bertz CT molecular complexity index is 1170. The van der Waals surface area contributed by atoms with Crippen LogP contribution in [-0.4, -0.2) is 14.6 Å². The molecular weight excluding hydrogens is 421 g/mol. The fourth-order valence-corrected chi connectivity index (χ4v) is 8.18. The molecule has 0 atom stereocenters. The molecule has 5 rings (SSSR count). The van der Waals surface area contributed by atoms with Gasteiger partial charge in [0.2, 0.25) is 0 Å². The summed E-state index contributed by atoms with van der Waals surface area (Å²) in [7, 11) is -1.98. The molecular formula is C26H23ClN3P. The van der Waals surface area contributed by atoms with Gasteiger partial charge >= 0.3 is 0 Å². The van der Waals surface area contributed by atoms with Crippen molar-refractivity contribution < 1.29 is 12.4 Å². The molecule has 0 bridgehead atoms. The highest BCUT2D eigenvalue weighted by atomic mass is 35.5.